The molecule has 3 heterocycles. The van der Waals surface area contributed by atoms with Gasteiger partial charge in [-0.3, -0.25) is 14.5 Å². The summed E-state index contributed by atoms with van der Waals surface area (Å²) in [4.78, 5) is 33.4. The highest BCUT2D eigenvalue weighted by Gasteiger charge is 2.34. The summed E-state index contributed by atoms with van der Waals surface area (Å²) in [6.45, 7) is 5.30. The first kappa shape index (κ1) is 17.7. The Labute approximate surface area is 168 Å². The topological polar surface area (TPSA) is 66.7 Å². The first-order valence-corrected chi connectivity index (χ1v) is 9.85. The molecule has 29 heavy (non-hydrogen) atoms. The summed E-state index contributed by atoms with van der Waals surface area (Å²) in [6, 6.07) is 15.1. The molecule has 6 heteroatoms. The second kappa shape index (κ2) is 6.88. The number of oxazole rings is 1. The van der Waals surface area contributed by atoms with Crippen LogP contribution in [-0.2, 0) is 4.79 Å². The summed E-state index contributed by atoms with van der Waals surface area (Å²) >= 11 is 0. The van der Waals surface area contributed by atoms with Gasteiger partial charge in [0.2, 0.25) is 5.91 Å². The number of aromatic nitrogens is 1. The van der Waals surface area contributed by atoms with E-state index in [0.29, 0.717) is 24.4 Å². The van der Waals surface area contributed by atoms with E-state index in [2.05, 4.69) is 11.6 Å². The normalized spacial score (nSPS) is 17.2. The lowest BCUT2D eigenvalue weighted by atomic mass is 9.96. The third-order valence-corrected chi connectivity index (χ3v) is 5.84. The minimum absolute atomic E-state index is 0.0277. The minimum Gasteiger partial charge on any atom is -0.440 e. The van der Waals surface area contributed by atoms with E-state index in [1.807, 2.05) is 47.4 Å². The molecule has 2 amide bonds. The number of carbonyl (C=O) groups is 2. The summed E-state index contributed by atoms with van der Waals surface area (Å²) in [5.74, 6) is 0.750. The highest BCUT2D eigenvalue weighted by Crippen LogP contribution is 2.32. The Morgan fingerprint density at radius 3 is 2.48 bits per heavy atom. The maximum atomic E-state index is 12.8. The van der Waals surface area contributed by atoms with Gasteiger partial charge in [0.05, 0.1) is 0 Å². The van der Waals surface area contributed by atoms with Crippen LogP contribution in [0.25, 0.3) is 16.8 Å². The monoisotopic (exact) mass is 387 g/mol. The molecule has 5 rings (SSSR count). The number of nitrogens with zero attached hydrogens (tertiary/aromatic N) is 3. The number of hydrogen-bond donors (Lipinski definition) is 0. The molecule has 0 N–H and O–H groups in total. The van der Waals surface area contributed by atoms with Crippen LogP contribution < -0.4 is 0 Å². The Kier molecular flexibility index (Phi) is 4.19. The fraction of sp³-hybridized carbons (Fsp3) is 0.261. The van der Waals surface area contributed by atoms with Crippen LogP contribution in [-0.4, -0.2) is 46.2 Å². The number of hydrogen-bond acceptors (Lipinski definition) is 4. The molecule has 1 aromatic heterocycles. The van der Waals surface area contributed by atoms with Crippen molar-refractivity contribution in [3.05, 3.63) is 72.1 Å². The lowest BCUT2D eigenvalue weighted by Crippen LogP contribution is -2.43. The van der Waals surface area contributed by atoms with E-state index in [1.54, 1.807) is 6.07 Å². The van der Waals surface area contributed by atoms with Crippen LogP contribution >= 0.6 is 0 Å². The lowest BCUT2D eigenvalue weighted by molar-refractivity contribution is -0.132. The van der Waals surface area contributed by atoms with Gasteiger partial charge in [0.15, 0.2) is 11.5 Å². The third kappa shape index (κ3) is 3.01. The Balaban J connectivity index is 1.23. The summed E-state index contributed by atoms with van der Waals surface area (Å²) < 4.78 is 5.90. The average molecular weight is 387 g/mol. The van der Waals surface area contributed by atoms with Crippen molar-refractivity contribution in [2.45, 2.75) is 18.8 Å². The van der Waals surface area contributed by atoms with Gasteiger partial charge in [-0.15, -0.1) is 0 Å². The number of fused-ring (bicyclic) bond motifs is 2. The predicted molar refractivity (Wildman–Crippen MR) is 109 cm³/mol. The number of para-hydroxylation sites is 2. The summed E-state index contributed by atoms with van der Waals surface area (Å²) in [5.41, 5.74) is 3.68. The van der Waals surface area contributed by atoms with Crippen LogP contribution in [0.5, 0.6) is 0 Å². The van der Waals surface area contributed by atoms with E-state index >= 15 is 0 Å². The van der Waals surface area contributed by atoms with E-state index in [9.17, 15) is 9.59 Å². The van der Waals surface area contributed by atoms with Crippen LogP contribution in [0.2, 0.25) is 0 Å². The molecule has 2 aliphatic heterocycles. The van der Waals surface area contributed by atoms with Crippen molar-refractivity contribution in [1.29, 1.82) is 0 Å². The number of likely N-dealkylation sites (tertiary alicyclic amines) is 1. The first-order chi connectivity index (χ1) is 14.1. The van der Waals surface area contributed by atoms with E-state index < -0.39 is 0 Å². The standard InChI is InChI=1S/C23H21N3O3/c1-15-17-6-2-3-7-18(17)23(28)26(15)14-21(27)25-12-10-16(11-13-25)22-24-19-8-4-5-9-20(19)29-22/h2-9,16H,1,10-14H2. The maximum absolute atomic E-state index is 12.8. The van der Waals surface area contributed by atoms with E-state index in [4.69, 9.17) is 4.42 Å². The minimum atomic E-state index is -0.152. The summed E-state index contributed by atoms with van der Waals surface area (Å²) in [5, 5.41) is 0. The lowest BCUT2D eigenvalue weighted by Gasteiger charge is -2.32. The molecule has 1 fully saturated rings. The quantitative estimate of drug-likeness (QED) is 0.688. The van der Waals surface area contributed by atoms with Crippen molar-refractivity contribution in [1.82, 2.24) is 14.8 Å². The predicted octanol–water partition coefficient (Wildman–Crippen LogP) is 3.66. The fourth-order valence-corrected chi connectivity index (χ4v) is 4.18. The van der Waals surface area contributed by atoms with Gasteiger partial charge in [0.1, 0.15) is 12.1 Å². The average Bonchev–Trinajstić information content (AvgIpc) is 3.29. The van der Waals surface area contributed by atoms with E-state index in [0.717, 1.165) is 35.4 Å². The molecule has 2 aromatic carbocycles. The smallest absolute Gasteiger partial charge is 0.259 e. The molecule has 0 spiro atoms. The zero-order valence-electron chi connectivity index (χ0n) is 16.0. The van der Waals surface area contributed by atoms with Crippen molar-refractivity contribution in [2.24, 2.45) is 0 Å². The van der Waals surface area contributed by atoms with Crippen molar-refractivity contribution in [3.63, 3.8) is 0 Å². The van der Waals surface area contributed by atoms with Gasteiger partial charge >= 0.3 is 0 Å². The van der Waals surface area contributed by atoms with Crippen molar-refractivity contribution >= 4 is 28.6 Å². The van der Waals surface area contributed by atoms with Crippen LogP contribution in [0.3, 0.4) is 0 Å². The van der Waals surface area contributed by atoms with Gasteiger partial charge in [-0.05, 0) is 31.0 Å². The molecule has 0 saturated carbocycles. The van der Waals surface area contributed by atoms with E-state index in [1.165, 1.54) is 4.90 Å². The second-order valence-electron chi connectivity index (χ2n) is 7.56. The molecule has 3 aromatic rings. The van der Waals surface area contributed by atoms with E-state index in [-0.39, 0.29) is 24.3 Å². The number of carbonyl (C=O) groups excluding carboxylic acids is 2. The number of amides is 2. The number of benzene rings is 2. The molecule has 0 radical (unpaired) electrons. The molecule has 0 aliphatic carbocycles. The molecule has 0 unspecified atom stereocenters. The molecule has 0 bridgehead atoms. The number of rotatable bonds is 3. The SMILES string of the molecule is C=C1c2ccccc2C(=O)N1CC(=O)N1CCC(c2nc3ccccc3o2)CC1. The molecule has 146 valence electrons. The maximum Gasteiger partial charge on any atom is 0.259 e. The van der Waals surface area contributed by atoms with Gasteiger partial charge in [-0.1, -0.05) is 36.9 Å². The van der Waals surface area contributed by atoms with Crippen LogP contribution in [0, 0.1) is 0 Å². The van der Waals surface area contributed by atoms with Gasteiger partial charge < -0.3 is 9.32 Å². The highest BCUT2D eigenvalue weighted by atomic mass is 16.3. The third-order valence-electron chi connectivity index (χ3n) is 5.84. The zero-order chi connectivity index (χ0) is 20.0. The zero-order valence-corrected chi connectivity index (χ0v) is 16.0. The Morgan fingerprint density at radius 2 is 1.76 bits per heavy atom. The largest absolute Gasteiger partial charge is 0.440 e. The van der Waals surface area contributed by atoms with Crippen LogP contribution in [0.4, 0.5) is 0 Å². The molecular formula is C23H21N3O3. The van der Waals surface area contributed by atoms with Crippen molar-refractivity contribution in [2.75, 3.05) is 19.6 Å². The van der Waals surface area contributed by atoms with Crippen molar-refractivity contribution < 1.29 is 14.0 Å². The molecule has 1 saturated heterocycles. The second-order valence-corrected chi connectivity index (χ2v) is 7.56. The summed E-state index contributed by atoms with van der Waals surface area (Å²) in [6.07, 6.45) is 1.60. The molecule has 6 nitrogen and oxygen atoms in total. The van der Waals surface area contributed by atoms with Gasteiger partial charge in [-0.25, -0.2) is 4.98 Å². The van der Waals surface area contributed by atoms with Crippen LogP contribution in [0.15, 0.2) is 59.5 Å². The first-order valence-electron chi connectivity index (χ1n) is 9.85. The Morgan fingerprint density at radius 1 is 1.07 bits per heavy atom. The molecular weight excluding hydrogens is 366 g/mol. The Bertz CT molecular complexity index is 1060. The highest BCUT2D eigenvalue weighted by molar-refractivity contribution is 6.10. The van der Waals surface area contributed by atoms with Gasteiger partial charge in [-0.2, -0.15) is 0 Å². The van der Waals surface area contributed by atoms with Gasteiger partial charge in [0, 0.05) is 35.8 Å². The fourth-order valence-electron chi connectivity index (χ4n) is 4.18. The van der Waals surface area contributed by atoms with Gasteiger partial charge in [0.25, 0.3) is 5.91 Å². The molecule has 2 aliphatic rings. The Hall–Kier alpha value is -3.41. The molecule has 0 atom stereocenters. The van der Waals surface area contributed by atoms with Crippen molar-refractivity contribution in [3.8, 4) is 0 Å². The van der Waals surface area contributed by atoms with Crippen LogP contribution in [0.1, 0.15) is 40.6 Å². The summed E-state index contributed by atoms with van der Waals surface area (Å²) in [7, 11) is 0. The number of piperidine rings is 1.